The summed E-state index contributed by atoms with van der Waals surface area (Å²) >= 11 is 0. The van der Waals surface area contributed by atoms with E-state index in [2.05, 4.69) is 0 Å². The summed E-state index contributed by atoms with van der Waals surface area (Å²) in [4.78, 5) is 14.6. The van der Waals surface area contributed by atoms with Gasteiger partial charge in [0.15, 0.2) is 6.10 Å². The van der Waals surface area contributed by atoms with Crippen LogP contribution in [-0.4, -0.2) is 12.0 Å². The SMILES string of the molecule is CC(C)C1Oc2cccc(N)c2N(Cc2ccccc2)C1=O. The molecule has 4 heteroatoms. The number of nitrogens with zero attached hydrogens (tertiary/aromatic N) is 1. The molecular formula is C18H20N2O2. The predicted molar refractivity (Wildman–Crippen MR) is 87.7 cm³/mol. The van der Waals surface area contributed by atoms with E-state index in [1.807, 2.05) is 56.3 Å². The van der Waals surface area contributed by atoms with Crippen molar-refractivity contribution in [3.05, 3.63) is 54.1 Å². The summed E-state index contributed by atoms with van der Waals surface area (Å²) in [5.41, 5.74) is 8.39. The summed E-state index contributed by atoms with van der Waals surface area (Å²) < 4.78 is 5.88. The van der Waals surface area contributed by atoms with Gasteiger partial charge in [0.05, 0.1) is 12.2 Å². The Kier molecular flexibility index (Phi) is 3.75. The molecular weight excluding hydrogens is 276 g/mol. The van der Waals surface area contributed by atoms with Crippen molar-refractivity contribution in [3.8, 4) is 5.75 Å². The number of hydrogen-bond donors (Lipinski definition) is 1. The van der Waals surface area contributed by atoms with Crippen LogP contribution in [-0.2, 0) is 11.3 Å². The lowest BCUT2D eigenvalue weighted by Gasteiger charge is -2.36. The maximum absolute atomic E-state index is 12.8. The van der Waals surface area contributed by atoms with E-state index in [0.717, 1.165) is 5.56 Å². The molecule has 22 heavy (non-hydrogen) atoms. The maximum Gasteiger partial charge on any atom is 0.268 e. The monoisotopic (exact) mass is 296 g/mol. The topological polar surface area (TPSA) is 55.6 Å². The van der Waals surface area contributed by atoms with Gasteiger partial charge in [0.25, 0.3) is 5.91 Å². The third kappa shape index (κ3) is 2.52. The molecule has 2 aromatic rings. The molecule has 0 aromatic heterocycles. The van der Waals surface area contributed by atoms with E-state index in [-0.39, 0.29) is 11.8 Å². The zero-order valence-electron chi connectivity index (χ0n) is 12.8. The lowest BCUT2D eigenvalue weighted by molar-refractivity contribution is -0.128. The highest BCUT2D eigenvalue weighted by atomic mass is 16.5. The van der Waals surface area contributed by atoms with Crippen LogP contribution < -0.4 is 15.4 Å². The lowest BCUT2D eigenvalue weighted by Crippen LogP contribution is -2.48. The van der Waals surface area contributed by atoms with Crippen LogP contribution in [0.15, 0.2) is 48.5 Å². The molecule has 0 saturated carbocycles. The molecule has 1 unspecified atom stereocenters. The summed E-state index contributed by atoms with van der Waals surface area (Å²) in [5.74, 6) is 0.735. The Labute approximate surface area is 130 Å². The molecule has 1 aliphatic rings. The van der Waals surface area contributed by atoms with Gasteiger partial charge in [0.1, 0.15) is 11.4 Å². The Balaban J connectivity index is 2.04. The fourth-order valence-electron chi connectivity index (χ4n) is 2.72. The van der Waals surface area contributed by atoms with E-state index in [9.17, 15) is 4.79 Å². The van der Waals surface area contributed by atoms with E-state index in [4.69, 9.17) is 10.5 Å². The number of fused-ring (bicyclic) bond motifs is 1. The van der Waals surface area contributed by atoms with Gasteiger partial charge in [-0.05, 0) is 23.6 Å². The number of hydrogen-bond acceptors (Lipinski definition) is 3. The predicted octanol–water partition coefficient (Wildman–Crippen LogP) is 3.22. The molecule has 2 aromatic carbocycles. The van der Waals surface area contributed by atoms with Gasteiger partial charge in [-0.15, -0.1) is 0 Å². The van der Waals surface area contributed by atoms with Crippen LogP contribution in [0.1, 0.15) is 19.4 Å². The molecule has 3 rings (SSSR count). The first-order chi connectivity index (χ1) is 10.6. The zero-order chi connectivity index (χ0) is 15.7. The van der Waals surface area contributed by atoms with Crippen molar-refractivity contribution in [1.29, 1.82) is 0 Å². The number of carbonyl (C=O) groups is 1. The van der Waals surface area contributed by atoms with Gasteiger partial charge >= 0.3 is 0 Å². The van der Waals surface area contributed by atoms with Crippen LogP contribution in [0, 0.1) is 5.92 Å². The van der Waals surface area contributed by atoms with Gasteiger partial charge < -0.3 is 10.5 Å². The highest BCUT2D eigenvalue weighted by molar-refractivity contribution is 6.03. The van der Waals surface area contributed by atoms with Crippen molar-refractivity contribution in [2.24, 2.45) is 5.92 Å². The maximum atomic E-state index is 12.8. The number of amides is 1. The van der Waals surface area contributed by atoms with E-state index >= 15 is 0 Å². The second-order valence-corrected chi connectivity index (χ2v) is 5.89. The van der Waals surface area contributed by atoms with Crippen molar-refractivity contribution >= 4 is 17.3 Å². The van der Waals surface area contributed by atoms with Crippen LogP contribution in [0.2, 0.25) is 0 Å². The molecule has 0 saturated heterocycles. The Hall–Kier alpha value is -2.49. The van der Waals surface area contributed by atoms with Crippen molar-refractivity contribution < 1.29 is 9.53 Å². The number of ether oxygens (including phenoxy) is 1. The van der Waals surface area contributed by atoms with Gasteiger partial charge in [-0.2, -0.15) is 0 Å². The summed E-state index contributed by atoms with van der Waals surface area (Å²) in [7, 11) is 0. The van der Waals surface area contributed by atoms with E-state index < -0.39 is 6.10 Å². The number of para-hydroxylation sites is 1. The number of rotatable bonds is 3. The Morgan fingerprint density at radius 2 is 1.86 bits per heavy atom. The largest absolute Gasteiger partial charge is 0.478 e. The summed E-state index contributed by atoms with van der Waals surface area (Å²) in [6.45, 7) is 4.47. The van der Waals surface area contributed by atoms with Crippen LogP contribution in [0.3, 0.4) is 0 Å². The minimum atomic E-state index is -0.474. The minimum absolute atomic E-state index is 0.0377. The molecule has 1 atom stereocenters. The highest BCUT2D eigenvalue weighted by Crippen LogP contribution is 2.40. The van der Waals surface area contributed by atoms with E-state index in [1.165, 1.54) is 0 Å². The van der Waals surface area contributed by atoms with Gasteiger partial charge in [0, 0.05) is 0 Å². The Bertz CT molecular complexity index is 683. The molecule has 1 aliphatic heterocycles. The van der Waals surface area contributed by atoms with Crippen LogP contribution >= 0.6 is 0 Å². The number of nitrogens with two attached hydrogens (primary N) is 1. The summed E-state index contributed by atoms with van der Waals surface area (Å²) in [5, 5.41) is 0. The van der Waals surface area contributed by atoms with Crippen molar-refractivity contribution in [3.63, 3.8) is 0 Å². The first-order valence-corrected chi connectivity index (χ1v) is 7.48. The molecule has 0 spiro atoms. The van der Waals surface area contributed by atoms with E-state index in [1.54, 1.807) is 11.0 Å². The number of anilines is 2. The van der Waals surface area contributed by atoms with Crippen LogP contribution in [0.25, 0.3) is 0 Å². The van der Waals surface area contributed by atoms with Crippen LogP contribution in [0.4, 0.5) is 11.4 Å². The standard InChI is InChI=1S/C18H20N2O2/c1-12(2)17-18(21)20(11-13-7-4-3-5-8-13)16-14(19)9-6-10-15(16)22-17/h3-10,12,17H,11,19H2,1-2H3. The zero-order valence-corrected chi connectivity index (χ0v) is 12.8. The first kappa shape index (κ1) is 14.4. The summed E-state index contributed by atoms with van der Waals surface area (Å²) in [6, 6.07) is 15.4. The van der Waals surface area contributed by atoms with Gasteiger partial charge in [-0.1, -0.05) is 50.2 Å². The minimum Gasteiger partial charge on any atom is -0.478 e. The van der Waals surface area contributed by atoms with Crippen LogP contribution in [0.5, 0.6) is 5.75 Å². The average Bonchev–Trinajstić information content (AvgIpc) is 2.50. The van der Waals surface area contributed by atoms with Crippen molar-refractivity contribution in [1.82, 2.24) is 0 Å². The molecule has 0 fully saturated rings. The quantitative estimate of drug-likeness (QED) is 0.885. The van der Waals surface area contributed by atoms with E-state index in [0.29, 0.717) is 23.7 Å². The molecule has 0 bridgehead atoms. The Morgan fingerprint density at radius 1 is 1.14 bits per heavy atom. The summed E-state index contributed by atoms with van der Waals surface area (Å²) in [6.07, 6.45) is -0.474. The lowest BCUT2D eigenvalue weighted by atomic mass is 10.0. The third-order valence-corrected chi connectivity index (χ3v) is 3.85. The van der Waals surface area contributed by atoms with Gasteiger partial charge in [-0.25, -0.2) is 0 Å². The molecule has 114 valence electrons. The smallest absolute Gasteiger partial charge is 0.268 e. The third-order valence-electron chi connectivity index (χ3n) is 3.85. The average molecular weight is 296 g/mol. The second-order valence-electron chi connectivity index (χ2n) is 5.89. The molecule has 4 nitrogen and oxygen atoms in total. The van der Waals surface area contributed by atoms with Crippen molar-refractivity contribution in [2.45, 2.75) is 26.5 Å². The second kappa shape index (κ2) is 5.72. The first-order valence-electron chi connectivity index (χ1n) is 7.48. The van der Waals surface area contributed by atoms with Crippen molar-refractivity contribution in [2.75, 3.05) is 10.6 Å². The molecule has 2 N–H and O–H groups in total. The number of benzene rings is 2. The van der Waals surface area contributed by atoms with Gasteiger partial charge in [-0.3, -0.25) is 9.69 Å². The number of nitrogen functional groups attached to an aromatic ring is 1. The highest BCUT2D eigenvalue weighted by Gasteiger charge is 2.37. The fourth-order valence-corrected chi connectivity index (χ4v) is 2.72. The Morgan fingerprint density at radius 3 is 2.55 bits per heavy atom. The van der Waals surface area contributed by atoms with Gasteiger partial charge in [0.2, 0.25) is 0 Å². The number of carbonyl (C=O) groups excluding carboxylic acids is 1. The molecule has 1 amide bonds. The normalized spacial score (nSPS) is 17.3. The molecule has 0 aliphatic carbocycles. The molecule has 1 heterocycles. The molecule has 0 radical (unpaired) electrons. The fraction of sp³-hybridized carbons (Fsp3) is 0.278.